The van der Waals surface area contributed by atoms with E-state index < -0.39 is 6.10 Å². The highest BCUT2D eigenvalue weighted by atomic mass is 32.2. The van der Waals surface area contributed by atoms with Crippen molar-refractivity contribution in [1.82, 2.24) is 5.32 Å². The molecule has 7 heteroatoms. The van der Waals surface area contributed by atoms with Crippen LogP contribution in [-0.2, 0) is 16.1 Å². The van der Waals surface area contributed by atoms with Crippen molar-refractivity contribution in [2.24, 2.45) is 5.16 Å². The van der Waals surface area contributed by atoms with E-state index in [1.807, 2.05) is 36.4 Å². The predicted molar refractivity (Wildman–Crippen MR) is 106 cm³/mol. The Balaban J connectivity index is 1.14. The van der Waals surface area contributed by atoms with Crippen molar-refractivity contribution in [2.45, 2.75) is 29.9 Å². The molecule has 28 heavy (non-hydrogen) atoms. The van der Waals surface area contributed by atoms with Crippen molar-refractivity contribution in [3.63, 3.8) is 0 Å². The third-order valence-electron chi connectivity index (χ3n) is 5.06. The smallest absolute Gasteiger partial charge is 0.262 e. The van der Waals surface area contributed by atoms with Gasteiger partial charge >= 0.3 is 0 Å². The minimum atomic E-state index is -0.488. The summed E-state index contributed by atoms with van der Waals surface area (Å²) in [6.07, 6.45) is 0.952. The molecular weight excluding hydrogens is 376 g/mol. The molecule has 0 aromatic heterocycles. The molecule has 3 aliphatic heterocycles. The molecule has 0 radical (unpaired) electrons. The topological polar surface area (TPSA) is 69.2 Å². The number of para-hydroxylation sites is 1. The van der Waals surface area contributed by atoms with E-state index in [1.54, 1.807) is 11.8 Å². The number of amides is 1. The number of fused-ring (bicyclic) bond motifs is 2. The maximum Gasteiger partial charge on any atom is 0.262 e. The van der Waals surface area contributed by atoms with Gasteiger partial charge in [0.05, 0.1) is 18.9 Å². The fourth-order valence-corrected chi connectivity index (χ4v) is 4.53. The van der Waals surface area contributed by atoms with Crippen molar-refractivity contribution in [2.75, 3.05) is 18.9 Å². The van der Waals surface area contributed by atoms with Gasteiger partial charge in [0, 0.05) is 23.5 Å². The first kappa shape index (κ1) is 17.4. The van der Waals surface area contributed by atoms with E-state index in [1.165, 1.54) is 5.56 Å². The van der Waals surface area contributed by atoms with Gasteiger partial charge < -0.3 is 19.6 Å². The summed E-state index contributed by atoms with van der Waals surface area (Å²) in [4.78, 5) is 19.1. The molecule has 0 fully saturated rings. The van der Waals surface area contributed by atoms with E-state index in [9.17, 15) is 4.79 Å². The lowest BCUT2D eigenvalue weighted by molar-refractivity contribution is -0.127. The molecule has 0 saturated carbocycles. The third kappa shape index (κ3) is 3.42. The van der Waals surface area contributed by atoms with Gasteiger partial charge in [-0.25, -0.2) is 0 Å². The lowest BCUT2D eigenvalue weighted by Gasteiger charge is -2.25. The van der Waals surface area contributed by atoms with Crippen molar-refractivity contribution in [3.05, 3.63) is 53.6 Å². The molecule has 0 saturated heterocycles. The second kappa shape index (κ2) is 7.39. The van der Waals surface area contributed by atoms with Gasteiger partial charge in [0.2, 0.25) is 0 Å². The highest BCUT2D eigenvalue weighted by Crippen LogP contribution is 2.35. The van der Waals surface area contributed by atoms with Gasteiger partial charge in [0.15, 0.2) is 6.10 Å². The number of hydrogen-bond acceptors (Lipinski definition) is 6. The first-order chi connectivity index (χ1) is 13.8. The van der Waals surface area contributed by atoms with Gasteiger partial charge in [0.25, 0.3) is 5.91 Å². The molecule has 2 atom stereocenters. The largest absolute Gasteiger partial charge is 0.493 e. The lowest BCUT2D eigenvalue weighted by atomic mass is 10.0. The Kier molecular flexibility index (Phi) is 4.60. The van der Waals surface area contributed by atoms with E-state index >= 15 is 0 Å². The van der Waals surface area contributed by atoms with Gasteiger partial charge in [0.1, 0.15) is 17.6 Å². The highest BCUT2D eigenvalue weighted by molar-refractivity contribution is 7.99. The Morgan fingerprint density at radius 3 is 3.11 bits per heavy atom. The number of hydrogen-bond donors (Lipinski definition) is 1. The number of benzene rings is 2. The number of nitrogens with one attached hydrogen (secondary N) is 1. The first-order valence-electron chi connectivity index (χ1n) is 9.41. The lowest BCUT2D eigenvalue weighted by Crippen LogP contribution is -2.44. The molecule has 3 aliphatic rings. The molecule has 1 N–H and O–H groups in total. The molecule has 2 aromatic carbocycles. The van der Waals surface area contributed by atoms with Crippen molar-refractivity contribution in [3.8, 4) is 11.5 Å². The van der Waals surface area contributed by atoms with E-state index in [-0.39, 0.29) is 12.0 Å². The standard InChI is InChI=1S/C21H20N2O4S/c24-21(19-12-28-20-4-2-1-3-18(20)26-19)22-11-15-10-16(23-27-15)13-5-6-17-14(9-13)7-8-25-17/h1-6,9,15,19H,7-8,10-12H2,(H,22,24)/t15-,19+/m0/s1. The summed E-state index contributed by atoms with van der Waals surface area (Å²) in [6, 6.07) is 13.9. The number of oxime groups is 1. The number of ether oxygens (including phenoxy) is 2. The maximum absolute atomic E-state index is 12.5. The van der Waals surface area contributed by atoms with E-state index in [0.29, 0.717) is 18.7 Å². The van der Waals surface area contributed by atoms with E-state index in [0.717, 1.165) is 40.7 Å². The number of nitrogens with zero attached hydrogens (tertiary/aromatic N) is 1. The van der Waals surface area contributed by atoms with Crippen LogP contribution < -0.4 is 14.8 Å². The van der Waals surface area contributed by atoms with Crippen LogP contribution in [0.1, 0.15) is 17.5 Å². The molecule has 0 spiro atoms. The second-order valence-corrected chi connectivity index (χ2v) is 8.06. The van der Waals surface area contributed by atoms with Gasteiger partial charge in [-0.05, 0) is 41.5 Å². The van der Waals surface area contributed by atoms with Crippen molar-refractivity contribution in [1.29, 1.82) is 0 Å². The number of rotatable bonds is 4. The first-order valence-corrected chi connectivity index (χ1v) is 10.4. The molecule has 1 amide bonds. The Bertz CT molecular complexity index is 946. The zero-order chi connectivity index (χ0) is 18.9. The summed E-state index contributed by atoms with van der Waals surface area (Å²) in [5.41, 5.74) is 3.18. The van der Waals surface area contributed by atoms with Crippen LogP contribution in [-0.4, -0.2) is 42.7 Å². The van der Waals surface area contributed by atoms with E-state index in [4.69, 9.17) is 14.3 Å². The fraction of sp³-hybridized carbons (Fsp3) is 0.333. The summed E-state index contributed by atoms with van der Waals surface area (Å²) >= 11 is 1.64. The third-order valence-corrected chi connectivity index (χ3v) is 6.18. The van der Waals surface area contributed by atoms with Gasteiger partial charge in [-0.15, -0.1) is 11.8 Å². The Morgan fingerprint density at radius 2 is 2.14 bits per heavy atom. The van der Waals surface area contributed by atoms with Crippen LogP contribution in [0.4, 0.5) is 0 Å². The Labute approximate surface area is 167 Å². The fourth-order valence-electron chi connectivity index (χ4n) is 3.55. The van der Waals surface area contributed by atoms with Crippen LogP contribution >= 0.6 is 11.8 Å². The summed E-state index contributed by atoms with van der Waals surface area (Å²) in [6.45, 7) is 1.15. The van der Waals surface area contributed by atoms with Crippen LogP contribution in [0.3, 0.4) is 0 Å². The summed E-state index contributed by atoms with van der Waals surface area (Å²) in [5, 5.41) is 7.17. The second-order valence-electron chi connectivity index (χ2n) is 7.00. The Morgan fingerprint density at radius 1 is 1.21 bits per heavy atom. The van der Waals surface area contributed by atoms with Gasteiger partial charge in [-0.3, -0.25) is 4.79 Å². The number of thioether (sulfide) groups is 1. The SMILES string of the molecule is O=C(NC[C@@H]1CC(c2ccc3c(c2)CCO3)=NO1)[C@H]1CSc2ccccc2O1. The monoisotopic (exact) mass is 396 g/mol. The van der Waals surface area contributed by atoms with Crippen LogP contribution in [0.25, 0.3) is 0 Å². The molecule has 0 bridgehead atoms. The maximum atomic E-state index is 12.5. The zero-order valence-electron chi connectivity index (χ0n) is 15.2. The van der Waals surface area contributed by atoms with Gasteiger partial charge in [-0.2, -0.15) is 0 Å². The predicted octanol–water partition coefficient (Wildman–Crippen LogP) is 2.78. The molecular formula is C21H20N2O4S. The highest BCUT2D eigenvalue weighted by Gasteiger charge is 2.29. The molecule has 144 valence electrons. The average molecular weight is 396 g/mol. The van der Waals surface area contributed by atoms with Crippen LogP contribution in [0.15, 0.2) is 52.5 Å². The van der Waals surface area contributed by atoms with Crippen LogP contribution in [0.2, 0.25) is 0 Å². The van der Waals surface area contributed by atoms with Gasteiger partial charge in [-0.1, -0.05) is 17.3 Å². The summed E-state index contributed by atoms with van der Waals surface area (Å²) in [5.74, 6) is 2.21. The number of carbonyl (C=O) groups excluding carboxylic acids is 1. The van der Waals surface area contributed by atoms with Crippen molar-refractivity contribution < 1.29 is 19.1 Å². The van der Waals surface area contributed by atoms with Crippen LogP contribution in [0, 0.1) is 0 Å². The quantitative estimate of drug-likeness (QED) is 0.861. The zero-order valence-corrected chi connectivity index (χ0v) is 16.0. The van der Waals surface area contributed by atoms with Crippen molar-refractivity contribution >= 4 is 23.4 Å². The molecule has 0 unspecified atom stereocenters. The molecule has 6 nitrogen and oxygen atoms in total. The Hall–Kier alpha value is -2.67. The molecule has 5 rings (SSSR count). The van der Waals surface area contributed by atoms with E-state index in [2.05, 4.69) is 16.5 Å². The average Bonchev–Trinajstić information content (AvgIpc) is 3.40. The minimum Gasteiger partial charge on any atom is -0.493 e. The molecule has 3 heterocycles. The molecule has 0 aliphatic carbocycles. The number of carbonyl (C=O) groups is 1. The normalized spacial score (nSPS) is 22.2. The molecule has 2 aromatic rings. The summed E-state index contributed by atoms with van der Waals surface area (Å²) < 4.78 is 11.4. The van der Waals surface area contributed by atoms with Crippen LogP contribution in [0.5, 0.6) is 11.5 Å². The minimum absolute atomic E-state index is 0.117. The summed E-state index contributed by atoms with van der Waals surface area (Å²) in [7, 11) is 0.